The van der Waals surface area contributed by atoms with Crippen molar-refractivity contribution in [2.75, 3.05) is 17.7 Å². The number of anilines is 1. The minimum atomic E-state index is -0.211. The summed E-state index contributed by atoms with van der Waals surface area (Å²) < 4.78 is 1.47. The molecule has 0 spiro atoms. The summed E-state index contributed by atoms with van der Waals surface area (Å²) in [5, 5.41) is 0.546. The van der Waals surface area contributed by atoms with Gasteiger partial charge in [0, 0.05) is 23.9 Å². The third-order valence-electron chi connectivity index (χ3n) is 4.93. The van der Waals surface area contributed by atoms with Crippen LogP contribution in [0.15, 0.2) is 70.6 Å². The van der Waals surface area contributed by atoms with Crippen molar-refractivity contribution in [3.05, 3.63) is 76.6 Å². The molecule has 142 valence electrons. The van der Waals surface area contributed by atoms with Crippen LogP contribution < -0.4 is 10.5 Å². The lowest BCUT2D eigenvalue weighted by Crippen LogP contribution is -2.40. The summed E-state index contributed by atoms with van der Waals surface area (Å²) in [5.74, 6) is -0.0844. The topological polar surface area (TPSA) is 55.2 Å². The molecular formula is C22H21N3O2S. The maximum absolute atomic E-state index is 13.0. The zero-order chi connectivity index (χ0) is 19.5. The molecule has 0 aliphatic carbocycles. The Bertz CT molecular complexity index is 1060. The number of nitrogens with zero attached hydrogens (tertiary/aromatic N) is 3. The van der Waals surface area contributed by atoms with Gasteiger partial charge < -0.3 is 4.90 Å². The molecule has 1 aliphatic rings. The average molecular weight is 391 g/mol. The predicted octanol–water partition coefficient (Wildman–Crippen LogP) is 3.61. The Balaban J connectivity index is 1.65. The van der Waals surface area contributed by atoms with E-state index in [0.29, 0.717) is 17.4 Å². The molecule has 2 aromatic carbocycles. The van der Waals surface area contributed by atoms with Gasteiger partial charge in [0.25, 0.3) is 5.56 Å². The number of benzene rings is 2. The number of carbonyl (C=O) groups is 1. The molecule has 3 aromatic rings. The van der Waals surface area contributed by atoms with Gasteiger partial charge in [-0.3, -0.25) is 14.2 Å². The number of hydrogen-bond acceptors (Lipinski definition) is 4. The van der Waals surface area contributed by atoms with Crippen molar-refractivity contribution < 1.29 is 4.79 Å². The molecule has 28 heavy (non-hydrogen) atoms. The Morgan fingerprint density at radius 3 is 2.64 bits per heavy atom. The maximum Gasteiger partial charge on any atom is 0.255 e. The largest absolute Gasteiger partial charge is 0.311 e. The number of amides is 1. The van der Waals surface area contributed by atoms with Crippen LogP contribution in [-0.2, 0) is 17.8 Å². The van der Waals surface area contributed by atoms with Gasteiger partial charge >= 0.3 is 0 Å². The van der Waals surface area contributed by atoms with E-state index in [1.54, 1.807) is 4.90 Å². The van der Waals surface area contributed by atoms with Gasteiger partial charge in [-0.15, -0.1) is 0 Å². The minimum absolute atomic E-state index is 0.00852. The number of rotatable bonds is 4. The highest BCUT2D eigenvalue weighted by atomic mass is 32.2. The van der Waals surface area contributed by atoms with Crippen LogP contribution in [-0.4, -0.2) is 28.3 Å². The van der Waals surface area contributed by atoms with Crippen molar-refractivity contribution in [1.29, 1.82) is 0 Å². The zero-order valence-corrected chi connectivity index (χ0v) is 16.5. The van der Waals surface area contributed by atoms with E-state index in [2.05, 4.69) is 11.1 Å². The third kappa shape index (κ3) is 3.60. The molecular weight excluding hydrogens is 370 g/mol. The molecule has 4 rings (SSSR count). The van der Waals surface area contributed by atoms with Gasteiger partial charge in [-0.05, 0) is 30.7 Å². The van der Waals surface area contributed by atoms with E-state index >= 15 is 0 Å². The minimum Gasteiger partial charge on any atom is -0.311 e. The molecule has 0 N–H and O–H groups in total. The average Bonchev–Trinajstić information content (AvgIpc) is 2.75. The lowest BCUT2D eigenvalue weighted by molar-refractivity contribution is -0.119. The second-order valence-electron chi connectivity index (χ2n) is 6.70. The zero-order valence-electron chi connectivity index (χ0n) is 15.7. The van der Waals surface area contributed by atoms with Gasteiger partial charge in [0.2, 0.25) is 5.91 Å². The molecule has 0 radical (unpaired) electrons. The first kappa shape index (κ1) is 18.5. The van der Waals surface area contributed by atoms with E-state index in [0.717, 1.165) is 24.1 Å². The summed E-state index contributed by atoms with van der Waals surface area (Å²) in [6, 6.07) is 19.1. The second-order valence-corrected chi connectivity index (χ2v) is 7.47. The van der Waals surface area contributed by atoms with Crippen molar-refractivity contribution in [3.8, 4) is 11.3 Å². The smallest absolute Gasteiger partial charge is 0.255 e. The maximum atomic E-state index is 13.0. The number of aryl methyl sites for hydroxylation is 1. The summed E-state index contributed by atoms with van der Waals surface area (Å²) in [6.07, 6.45) is 3.77. The highest BCUT2D eigenvalue weighted by molar-refractivity contribution is 7.98. The summed E-state index contributed by atoms with van der Waals surface area (Å²) in [6.45, 7) is 0.667. The van der Waals surface area contributed by atoms with E-state index in [-0.39, 0.29) is 18.0 Å². The van der Waals surface area contributed by atoms with Crippen LogP contribution in [0.3, 0.4) is 0 Å². The summed E-state index contributed by atoms with van der Waals surface area (Å²) in [7, 11) is 0. The number of thioether (sulfide) groups is 1. The van der Waals surface area contributed by atoms with E-state index < -0.39 is 0 Å². The van der Waals surface area contributed by atoms with Crippen LogP contribution in [0.2, 0.25) is 0 Å². The first-order valence-corrected chi connectivity index (χ1v) is 10.5. The second kappa shape index (κ2) is 8.02. The Labute approximate surface area is 168 Å². The standard InChI is InChI=1S/C22H21N3O2S/c1-28-22-23-18(16-8-3-2-4-9-16)14-20(26)25(22)15-21(27)24-13-7-11-17-10-5-6-12-19(17)24/h2-6,8-10,12,14H,7,11,13,15H2,1H3. The number of hydrogen-bond donors (Lipinski definition) is 0. The summed E-state index contributed by atoms with van der Waals surface area (Å²) >= 11 is 1.37. The highest BCUT2D eigenvalue weighted by Gasteiger charge is 2.23. The van der Waals surface area contributed by atoms with Crippen LogP contribution in [0.4, 0.5) is 5.69 Å². The van der Waals surface area contributed by atoms with Gasteiger partial charge in [-0.2, -0.15) is 0 Å². The Morgan fingerprint density at radius 2 is 1.86 bits per heavy atom. The first-order valence-electron chi connectivity index (χ1n) is 9.27. The number of aromatic nitrogens is 2. The molecule has 0 bridgehead atoms. The number of fused-ring (bicyclic) bond motifs is 1. The molecule has 1 amide bonds. The van der Waals surface area contributed by atoms with Gasteiger partial charge in [0.1, 0.15) is 6.54 Å². The lowest BCUT2D eigenvalue weighted by Gasteiger charge is -2.29. The third-order valence-corrected chi connectivity index (χ3v) is 5.61. The number of carbonyl (C=O) groups excluding carboxylic acids is 1. The summed E-state index contributed by atoms with van der Waals surface area (Å²) in [4.78, 5) is 32.2. The van der Waals surface area contributed by atoms with Gasteiger partial charge in [-0.25, -0.2) is 4.98 Å². The number of para-hydroxylation sites is 1. The van der Waals surface area contributed by atoms with Crippen molar-refractivity contribution in [2.45, 2.75) is 24.5 Å². The van der Waals surface area contributed by atoms with Gasteiger partial charge in [-0.1, -0.05) is 60.3 Å². The molecule has 0 unspecified atom stereocenters. The van der Waals surface area contributed by atoms with Gasteiger partial charge in [0.05, 0.1) is 5.69 Å². The van der Waals surface area contributed by atoms with Crippen molar-refractivity contribution in [1.82, 2.24) is 9.55 Å². The Kier molecular flexibility index (Phi) is 5.30. The predicted molar refractivity (Wildman–Crippen MR) is 113 cm³/mol. The fraction of sp³-hybridized carbons (Fsp3) is 0.227. The van der Waals surface area contributed by atoms with E-state index in [4.69, 9.17) is 0 Å². The molecule has 0 saturated heterocycles. The molecule has 1 aliphatic heterocycles. The fourth-order valence-corrected chi connectivity index (χ4v) is 4.12. The molecule has 2 heterocycles. The van der Waals surface area contributed by atoms with E-state index in [9.17, 15) is 9.59 Å². The molecule has 0 saturated carbocycles. The Hall–Kier alpha value is -2.86. The SMILES string of the molecule is CSc1nc(-c2ccccc2)cc(=O)n1CC(=O)N1CCCc2ccccc21. The summed E-state index contributed by atoms with van der Waals surface area (Å²) in [5.41, 5.74) is 3.43. The molecule has 6 heteroatoms. The van der Waals surface area contributed by atoms with Crippen molar-refractivity contribution in [2.24, 2.45) is 0 Å². The van der Waals surface area contributed by atoms with E-state index in [1.807, 2.05) is 54.8 Å². The van der Waals surface area contributed by atoms with Crippen molar-refractivity contribution >= 4 is 23.4 Å². The van der Waals surface area contributed by atoms with Crippen LogP contribution >= 0.6 is 11.8 Å². The van der Waals surface area contributed by atoms with Crippen molar-refractivity contribution in [3.63, 3.8) is 0 Å². The molecule has 5 nitrogen and oxygen atoms in total. The monoisotopic (exact) mass is 391 g/mol. The van der Waals surface area contributed by atoms with Crippen LogP contribution in [0.1, 0.15) is 12.0 Å². The van der Waals surface area contributed by atoms with Crippen LogP contribution in [0.25, 0.3) is 11.3 Å². The Morgan fingerprint density at radius 1 is 1.11 bits per heavy atom. The van der Waals surface area contributed by atoms with Crippen LogP contribution in [0.5, 0.6) is 0 Å². The fourth-order valence-electron chi connectivity index (χ4n) is 3.56. The van der Waals surface area contributed by atoms with Crippen LogP contribution in [0, 0.1) is 0 Å². The molecule has 0 atom stereocenters. The first-order chi connectivity index (χ1) is 13.7. The lowest BCUT2D eigenvalue weighted by atomic mass is 10.0. The normalized spacial score (nSPS) is 13.2. The van der Waals surface area contributed by atoms with E-state index in [1.165, 1.54) is 28.0 Å². The molecule has 0 fully saturated rings. The quantitative estimate of drug-likeness (QED) is 0.504. The van der Waals surface area contributed by atoms with Gasteiger partial charge in [0.15, 0.2) is 5.16 Å². The highest BCUT2D eigenvalue weighted by Crippen LogP contribution is 2.27. The molecule has 1 aromatic heterocycles.